The number of aryl methyl sites for hydroxylation is 3. The Labute approximate surface area is 175 Å². The molecule has 0 aromatic carbocycles. The highest BCUT2D eigenvalue weighted by Crippen LogP contribution is 2.19. The highest BCUT2D eigenvalue weighted by atomic mass is 127. The van der Waals surface area contributed by atoms with Gasteiger partial charge in [-0.2, -0.15) is 0 Å². The molecule has 0 spiro atoms. The van der Waals surface area contributed by atoms with E-state index >= 15 is 0 Å². The minimum atomic E-state index is -3.46. The molecular weight excluding hydrogens is 489 g/mol. The van der Waals surface area contributed by atoms with E-state index in [0.717, 1.165) is 16.3 Å². The number of oxazole rings is 1. The predicted molar refractivity (Wildman–Crippen MR) is 114 cm³/mol. The molecule has 26 heavy (non-hydrogen) atoms. The van der Waals surface area contributed by atoms with E-state index < -0.39 is 10.0 Å². The zero-order valence-electron chi connectivity index (χ0n) is 15.1. The van der Waals surface area contributed by atoms with Gasteiger partial charge in [-0.1, -0.05) is 0 Å². The van der Waals surface area contributed by atoms with Gasteiger partial charge >= 0.3 is 0 Å². The summed E-state index contributed by atoms with van der Waals surface area (Å²) in [7, 11) is -1.82. The summed E-state index contributed by atoms with van der Waals surface area (Å²) in [6, 6.07) is 3.39. The van der Waals surface area contributed by atoms with E-state index in [1.54, 1.807) is 19.2 Å². The second-order valence-electron chi connectivity index (χ2n) is 5.36. The Balaban J connectivity index is 0.00000338. The van der Waals surface area contributed by atoms with E-state index in [4.69, 9.17) is 4.42 Å². The molecule has 8 nitrogen and oxygen atoms in total. The zero-order valence-corrected chi connectivity index (χ0v) is 19.1. The summed E-state index contributed by atoms with van der Waals surface area (Å²) in [6.07, 6.45) is 0. The number of aliphatic imine (C=N–C) groups is 1. The van der Waals surface area contributed by atoms with E-state index in [1.807, 2.05) is 20.8 Å². The van der Waals surface area contributed by atoms with Crippen molar-refractivity contribution in [3.05, 3.63) is 34.4 Å². The molecule has 11 heteroatoms. The van der Waals surface area contributed by atoms with Crippen LogP contribution in [0.15, 0.2) is 25.8 Å². The second kappa shape index (κ2) is 10.2. The first-order valence-electron chi connectivity index (χ1n) is 7.75. The highest BCUT2D eigenvalue weighted by molar-refractivity contribution is 14.0. The van der Waals surface area contributed by atoms with Crippen LogP contribution in [0.2, 0.25) is 0 Å². The van der Waals surface area contributed by atoms with Crippen molar-refractivity contribution < 1.29 is 12.8 Å². The monoisotopic (exact) mass is 513 g/mol. The summed E-state index contributed by atoms with van der Waals surface area (Å²) in [5, 5.41) is 6.10. The van der Waals surface area contributed by atoms with Crippen molar-refractivity contribution in [2.75, 3.05) is 20.1 Å². The van der Waals surface area contributed by atoms with Crippen LogP contribution in [-0.2, 0) is 16.6 Å². The molecule has 2 aromatic rings. The SMILES string of the molecule is CN=C(NCCNS(=O)(=O)c1ccc(C)s1)NCc1nc(C)c(C)o1.I. The molecule has 0 amide bonds. The minimum absolute atomic E-state index is 0. The average Bonchev–Trinajstić information content (AvgIpc) is 3.13. The number of guanidine groups is 1. The lowest BCUT2D eigenvalue weighted by Gasteiger charge is -2.11. The summed E-state index contributed by atoms with van der Waals surface area (Å²) in [4.78, 5) is 9.31. The lowest BCUT2D eigenvalue weighted by molar-refractivity contribution is 0.464. The molecule has 2 rings (SSSR count). The zero-order chi connectivity index (χ0) is 18.4. The Kier molecular flexibility index (Phi) is 9.00. The van der Waals surface area contributed by atoms with E-state index in [-0.39, 0.29) is 30.5 Å². The number of halogens is 1. The third-order valence-corrected chi connectivity index (χ3v) is 6.35. The summed E-state index contributed by atoms with van der Waals surface area (Å²) in [6.45, 7) is 6.66. The van der Waals surface area contributed by atoms with Crippen LogP contribution < -0.4 is 15.4 Å². The third kappa shape index (κ3) is 6.52. The number of hydrogen-bond donors (Lipinski definition) is 3. The first-order valence-corrected chi connectivity index (χ1v) is 10.1. The second-order valence-corrected chi connectivity index (χ2v) is 8.65. The molecular formula is C15H24IN5O3S2. The van der Waals surface area contributed by atoms with Gasteiger partial charge in [-0.25, -0.2) is 18.1 Å². The van der Waals surface area contributed by atoms with Crippen molar-refractivity contribution in [2.45, 2.75) is 31.5 Å². The van der Waals surface area contributed by atoms with Gasteiger partial charge in [0.25, 0.3) is 0 Å². The van der Waals surface area contributed by atoms with Crippen LogP contribution in [0.25, 0.3) is 0 Å². The largest absolute Gasteiger partial charge is 0.444 e. The van der Waals surface area contributed by atoms with Crippen molar-refractivity contribution in [3.63, 3.8) is 0 Å². The molecule has 0 saturated heterocycles. The van der Waals surface area contributed by atoms with Crippen LogP contribution >= 0.6 is 35.3 Å². The van der Waals surface area contributed by atoms with Gasteiger partial charge in [0, 0.05) is 25.0 Å². The van der Waals surface area contributed by atoms with E-state index in [9.17, 15) is 8.42 Å². The molecule has 0 bridgehead atoms. The quantitative estimate of drug-likeness (QED) is 0.226. The molecule has 0 fully saturated rings. The summed E-state index contributed by atoms with van der Waals surface area (Å²) < 4.78 is 32.6. The van der Waals surface area contributed by atoms with Crippen molar-refractivity contribution >= 4 is 51.3 Å². The smallest absolute Gasteiger partial charge is 0.250 e. The van der Waals surface area contributed by atoms with E-state index in [0.29, 0.717) is 29.1 Å². The fourth-order valence-electron chi connectivity index (χ4n) is 1.99. The Bertz CT molecular complexity index is 826. The standard InChI is InChI=1S/C15H23N5O3S2.HI/c1-10-5-6-14(24-10)25(21,22)19-8-7-17-15(16-4)18-9-13-20-11(2)12(3)23-13;/h5-6,19H,7-9H2,1-4H3,(H2,16,17,18);1H. The van der Waals surface area contributed by atoms with Crippen molar-refractivity contribution in [3.8, 4) is 0 Å². The number of nitrogens with zero attached hydrogens (tertiary/aromatic N) is 2. The predicted octanol–water partition coefficient (Wildman–Crippen LogP) is 1.92. The number of sulfonamides is 1. The van der Waals surface area contributed by atoms with Crippen molar-refractivity contribution in [1.29, 1.82) is 0 Å². The topological polar surface area (TPSA) is 109 Å². The molecule has 0 radical (unpaired) electrons. The van der Waals surface area contributed by atoms with Crippen LogP contribution in [-0.4, -0.2) is 39.5 Å². The molecule has 0 aliphatic rings. The lowest BCUT2D eigenvalue weighted by Crippen LogP contribution is -2.41. The molecule has 146 valence electrons. The summed E-state index contributed by atoms with van der Waals surface area (Å²) in [5.74, 6) is 1.91. The first-order chi connectivity index (χ1) is 11.8. The highest BCUT2D eigenvalue weighted by Gasteiger charge is 2.15. The Morgan fingerprint density at radius 1 is 1.23 bits per heavy atom. The molecule has 0 aliphatic carbocycles. The molecule has 0 unspecified atom stereocenters. The number of rotatable bonds is 7. The van der Waals surface area contributed by atoms with Gasteiger partial charge in [-0.15, -0.1) is 35.3 Å². The van der Waals surface area contributed by atoms with Crippen LogP contribution in [0.1, 0.15) is 22.2 Å². The first kappa shape index (κ1) is 22.9. The van der Waals surface area contributed by atoms with Gasteiger partial charge in [0.2, 0.25) is 15.9 Å². The average molecular weight is 513 g/mol. The number of nitrogens with one attached hydrogen (secondary N) is 3. The van der Waals surface area contributed by atoms with Gasteiger partial charge in [-0.05, 0) is 32.9 Å². The summed E-state index contributed by atoms with van der Waals surface area (Å²) >= 11 is 1.25. The molecule has 2 aromatic heterocycles. The Morgan fingerprint density at radius 2 is 1.96 bits per heavy atom. The van der Waals surface area contributed by atoms with E-state index in [1.165, 1.54) is 11.3 Å². The normalized spacial score (nSPS) is 11.9. The molecule has 0 saturated carbocycles. The Morgan fingerprint density at radius 3 is 2.50 bits per heavy atom. The maximum absolute atomic E-state index is 12.1. The van der Waals surface area contributed by atoms with Crippen molar-refractivity contribution in [2.24, 2.45) is 4.99 Å². The van der Waals surface area contributed by atoms with E-state index in [2.05, 4.69) is 25.3 Å². The fraction of sp³-hybridized carbons (Fsp3) is 0.467. The van der Waals surface area contributed by atoms with Gasteiger partial charge in [0.1, 0.15) is 9.97 Å². The number of hydrogen-bond acceptors (Lipinski definition) is 6. The maximum Gasteiger partial charge on any atom is 0.250 e. The number of thiophene rings is 1. The number of aromatic nitrogens is 1. The molecule has 0 atom stereocenters. The minimum Gasteiger partial charge on any atom is -0.444 e. The van der Waals surface area contributed by atoms with Crippen LogP contribution in [0, 0.1) is 20.8 Å². The lowest BCUT2D eigenvalue weighted by atomic mass is 10.4. The fourth-order valence-corrected chi connectivity index (χ4v) is 4.35. The molecule has 2 heterocycles. The molecule has 0 aliphatic heterocycles. The maximum atomic E-state index is 12.1. The van der Waals surface area contributed by atoms with Crippen LogP contribution in [0.5, 0.6) is 0 Å². The van der Waals surface area contributed by atoms with Gasteiger partial charge in [-0.3, -0.25) is 4.99 Å². The Hall–Kier alpha value is -1.18. The van der Waals surface area contributed by atoms with Crippen LogP contribution in [0.3, 0.4) is 0 Å². The third-order valence-electron chi connectivity index (χ3n) is 3.39. The van der Waals surface area contributed by atoms with Crippen LogP contribution in [0.4, 0.5) is 0 Å². The van der Waals surface area contributed by atoms with Gasteiger partial charge in [0.15, 0.2) is 5.96 Å². The van der Waals surface area contributed by atoms with Gasteiger partial charge in [0.05, 0.1) is 12.2 Å². The van der Waals surface area contributed by atoms with Gasteiger partial charge < -0.3 is 15.1 Å². The van der Waals surface area contributed by atoms with Crippen molar-refractivity contribution in [1.82, 2.24) is 20.3 Å². The molecule has 3 N–H and O–H groups in total. The summed E-state index contributed by atoms with van der Waals surface area (Å²) in [5.41, 5.74) is 0.859.